The van der Waals surface area contributed by atoms with Crippen LogP contribution >= 0.6 is 27.3 Å². The van der Waals surface area contributed by atoms with Crippen LogP contribution in [-0.4, -0.2) is 16.7 Å². The lowest BCUT2D eigenvalue weighted by molar-refractivity contribution is 0.355. The van der Waals surface area contributed by atoms with Gasteiger partial charge in [-0.05, 0) is 41.0 Å². The number of aromatic nitrogens is 2. The summed E-state index contributed by atoms with van der Waals surface area (Å²) < 4.78 is 6.28. The monoisotopic (exact) mass is 301 g/mol. The Balaban J connectivity index is 2.19. The minimum Gasteiger partial charge on any atom is -0.339 e. The van der Waals surface area contributed by atoms with Gasteiger partial charge in [0.2, 0.25) is 11.7 Å². The zero-order valence-corrected chi connectivity index (χ0v) is 11.2. The van der Waals surface area contributed by atoms with Gasteiger partial charge in [0.1, 0.15) is 0 Å². The summed E-state index contributed by atoms with van der Waals surface area (Å²) in [6.07, 6.45) is 0.857. The van der Waals surface area contributed by atoms with Crippen molar-refractivity contribution in [2.24, 2.45) is 5.73 Å². The molecule has 0 saturated heterocycles. The van der Waals surface area contributed by atoms with Gasteiger partial charge in [0.25, 0.3) is 0 Å². The third-order valence-corrected chi connectivity index (χ3v) is 3.88. The molecule has 0 aromatic carbocycles. The van der Waals surface area contributed by atoms with Gasteiger partial charge in [0, 0.05) is 5.92 Å². The minimum atomic E-state index is 0.217. The zero-order chi connectivity index (χ0) is 11.5. The normalized spacial score (nSPS) is 12.9. The molecule has 0 aliphatic carbocycles. The molecule has 1 atom stereocenters. The number of thiophene rings is 1. The van der Waals surface area contributed by atoms with Gasteiger partial charge < -0.3 is 10.3 Å². The number of hydrogen-bond acceptors (Lipinski definition) is 5. The molecule has 0 aliphatic heterocycles. The van der Waals surface area contributed by atoms with Crippen molar-refractivity contribution in [3.8, 4) is 10.7 Å². The Morgan fingerprint density at radius 1 is 1.56 bits per heavy atom. The van der Waals surface area contributed by atoms with Gasteiger partial charge >= 0.3 is 0 Å². The molecule has 2 rings (SSSR count). The molecule has 0 radical (unpaired) electrons. The van der Waals surface area contributed by atoms with Crippen molar-refractivity contribution < 1.29 is 4.52 Å². The molecule has 4 nitrogen and oxygen atoms in total. The fourth-order valence-corrected chi connectivity index (χ4v) is 2.66. The van der Waals surface area contributed by atoms with E-state index in [0.29, 0.717) is 18.3 Å². The Labute approximate surface area is 106 Å². The number of nitrogens with two attached hydrogens (primary N) is 1. The van der Waals surface area contributed by atoms with Crippen LogP contribution in [0.3, 0.4) is 0 Å². The molecule has 6 heteroatoms. The molecule has 2 aromatic rings. The van der Waals surface area contributed by atoms with Crippen molar-refractivity contribution in [3.63, 3.8) is 0 Å². The first-order valence-electron chi connectivity index (χ1n) is 5.00. The predicted molar refractivity (Wildman–Crippen MR) is 67.4 cm³/mol. The maximum atomic E-state index is 5.49. The fourth-order valence-electron chi connectivity index (χ4n) is 1.34. The van der Waals surface area contributed by atoms with Gasteiger partial charge in [-0.3, -0.25) is 0 Å². The second kappa shape index (κ2) is 5.07. The Kier molecular flexibility index (Phi) is 3.73. The smallest absolute Gasteiger partial charge is 0.229 e. The van der Waals surface area contributed by atoms with Crippen molar-refractivity contribution in [1.29, 1.82) is 0 Å². The summed E-state index contributed by atoms with van der Waals surface area (Å²) in [4.78, 5) is 5.37. The summed E-state index contributed by atoms with van der Waals surface area (Å²) in [6, 6.07) is 3.94. The fraction of sp³-hybridized carbons (Fsp3) is 0.400. The van der Waals surface area contributed by atoms with E-state index in [0.717, 1.165) is 15.1 Å². The van der Waals surface area contributed by atoms with Crippen LogP contribution in [-0.2, 0) is 0 Å². The highest BCUT2D eigenvalue weighted by atomic mass is 79.9. The quantitative estimate of drug-likeness (QED) is 0.943. The van der Waals surface area contributed by atoms with Crippen molar-refractivity contribution in [2.45, 2.75) is 19.3 Å². The summed E-state index contributed by atoms with van der Waals surface area (Å²) >= 11 is 4.99. The van der Waals surface area contributed by atoms with E-state index in [1.54, 1.807) is 11.3 Å². The van der Waals surface area contributed by atoms with Crippen LogP contribution in [0.1, 0.15) is 25.2 Å². The highest BCUT2D eigenvalue weighted by molar-refractivity contribution is 9.11. The Hall–Kier alpha value is -0.720. The summed E-state index contributed by atoms with van der Waals surface area (Å²) in [5, 5.41) is 3.97. The summed E-state index contributed by atoms with van der Waals surface area (Å²) in [5.41, 5.74) is 5.49. The molecule has 2 N–H and O–H groups in total. The van der Waals surface area contributed by atoms with Gasteiger partial charge in [0.15, 0.2) is 0 Å². The second-order valence-corrected chi connectivity index (χ2v) is 6.00. The Morgan fingerprint density at radius 3 is 3.00 bits per heavy atom. The van der Waals surface area contributed by atoms with Gasteiger partial charge in [-0.25, -0.2) is 0 Å². The zero-order valence-electron chi connectivity index (χ0n) is 8.81. The van der Waals surface area contributed by atoms with Gasteiger partial charge in [-0.2, -0.15) is 4.98 Å². The highest BCUT2D eigenvalue weighted by Gasteiger charge is 2.15. The first-order valence-corrected chi connectivity index (χ1v) is 6.61. The summed E-state index contributed by atoms with van der Waals surface area (Å²) in [6.45, 7) is 2.66. The van der Waals surface area contributed by atoms with E-state index >= 15 is 0 Å². The van der Waals surface area contributed by atoms with E-state index in [2.05, 4.69) is 26.1 Å². The van der Waals surface area contributed by atoms with Crippen LogP contribution in [0.2, 0.25) is 0 Å². The SMILES string of the molecule is CC(CCN)c1nc(-c2ccc(Br)s2)no1. The Morgan fingerprint density at radius 2 is 2.38 bits per heavy atom. The first kappa shape index (κ1) is 11.8. The van der Waals surface area contributed by atoms with Gasteiger partial charge in [-0.15, -0.1) is 11.3 Å². The summed E-state index contributed by atoms with van der Waals surface area (Å²) in [7, 11) is 0. The van der Waals surface area contributed by atoms with E-state index in [-0.39, 0.29) is 5.92 Å². The lowest BCUT2D eigenvalue weighted by Gasteiger charge is -2.01. The topological polar surface area (TPSA) is 64.9 Å². The third-order valence-electron chi connectivity index (χ3n) is 2.26. The molecule has 0 fully saturated rings. The standard InChI is InChI=1S/C10H12BrN3OS/c1-6(4-5-12)10-13-9(14-15-10)7-2-3-8(11)16-7/h2-3,6H,4-5,12H2,1H3. The molecule has 2 heterocycles. The molecule has 2 aromatic heterocycles. The maximum Gasteiger partial charge on any atom is 0.229 e. The van der Waals surface area contributed by atoms with Crippen LogP contribution in [0.4, 0.5) is 0 Å². The van der Waals surface area contributed by atoms with Gasteiger partial charge in [0.05, 0.1) is 8.66 Å². The van der Waals surface area contributed by atoms with Crippen LogP contribution in [0.25, 0.3) is 10.7 Å². The van der Waals surface area contributed by atoms with E-state index < -0.39 is 0 Å². The highest BCUT2D eigenvalue weighted by Crippen LogP contribution is 2.30. The molecule has 0 amide bonds. The van der Waals surface area contributed by atoms with Crippen LogP contribution in [0, 0.1) is 0 Å². The average Bonchev–Trinajstić information content (AvgIpc) is 2.85. The lowest BCUT2D eigenvalue weighted by atomic mass is 10.1. The number of halogens is 1. The lowest BCUT2D eigenvalue weighted by Crippen LogP contribution is -2.04. The first-order chi connectivity index (χ1) is 7.70. The molecule has 0 saturated carbocycles. The largest absolute Gasteiger partial charge is 0.339 e. The molecular weight excluding hydrogens is 290 g/mol. The van der Waals surface area contributed by atoms with Gasteiger partial charge in [-0.1, -0.05) is 12.1 Å². The number of nitrogens with zero attached hydrogens (tertiary/aromatic N) is 2. The average molecular weight is 302 g/mol. The Bertz CT molecular complexity index is 468. The van der Waals surface area contributed by atoms with Crippen molar-refractivity contribution >= 4 is 27.3 Å². The minimum absolute atomic E-state index is 0.217. The number of rotatable bonds is 4. The van der Waals surface area contributed by atoms with Crippen molar-refractivity contribution in [2.75, 3.05) is 6.54 Å². The number of hydrogen-bond donors (Lipinski definition) is 1. The molecular formula is C10H12BrN3OS. The van der Waals surface area contributed by atoms with Crippen molar-refractivity contribution in [3.05, 3.63) is 21.8 Å². The molecule has 86 valence electrons. The van der Waals surface area contributed by atoms with Crippen molar-refractivity contribution in [1.82, 2.24) is 10.1 Å². The van der Waals surface area contributed by atoms with Crippen LogP contribution < -0.4 is 5.73 Å². The van der Waals surface area contributed by atoms with E-state index in [9.17, 15) is 0 Å². The second-order valence-electron chi connectivity index (χ2n) is 3.54. The summed E-state index contributed by atoms with van der Waals surface area (Å²) in [5.74, 6) is 1.52. The van der Waals surface area contributed by atoms with E-state index in [1.165, 1.54) is 0 Å². The molecule has 0 bridgehead atoms. The van der Waals surface area contributed by atoms with E-state index in [4.69, 9.17) is 10.3 Å². The maximum absolute atomic E-state index is 5.49. The predicted octanol–water partition coefficient (Wildman–Crippen LogP) is 3.01. The molecule has 16 heavy (non-hydrogen) atoms. The van der Waals surface area contributed by atoms with E-state index in [1.807, 2.05) is 19.1 Å². The molecule has 0 spiro atoms. The molecule has 0 aliphatic rings. The van der Waals surface area contributed by atoms with Crippen LogP contribution in [0.5, 0.6) is 0 Å². The third kappa shape index (κ3) is 2.50. The molecule has 1 unspecified atom stereocenters. The van der Waals surface area contributed by atoms with Crippen LogP contribution in [0.15, 0.2) is 20.4 Å².